The summed E-state index contributed by atoms with van der Waals surface area (Å²) in [5.74, 6) is 0.353. The van der Waals surface area contributed by atoms with Crippen molar-refractivity contribution in [1.29, 1.82) is 0 Å². The topological polar surface area (TPSA) is 20.2 Å². The first-order valence-electron chi connectivity index (χ1n) is 4.77. The summed E-state index contributed by atoms with van der Waals surface area (Å²) in [5.41, 5.74) is 0.936. The molecule has 0 heterocycles. The Bertz CT molecular complexity index is 278. The third kappa shape index (κ3) is 3.54. The molecule has 0 aliphatic rings. The molecule has 1 aromatic carbocycles. The number of thiol groups is 1. The van der Waals surface area contributed by atoms with Crippen LogP contribution in [0.4, 0.5) is 0 Å². The highest BCUT2D eigenvalue weighted by molar-refractivity contribution is 9.09. The lowest BCUT2D eigenvalue weighted by Crippen LogP contribution is -1.91. The van der Waals surface area contributed by atoms with Gasteiger partial charge in [-0.05, 0) is 18.9 Å². The van der Waals surface area contributed by atoms with E-state index < -0.39 is 0 Å². The fourth-order valence-corrected chi connectivity index (χ4v) is 2.15. The lowest BCUT2D eigenvalue weighted by Gasteiger charge is -2.11. The number of phenols is 1. The number of hydrogen-bond acceptors (Lipinski definition) is 2. The van der Waals surface area contributed by atoms with Gasteiger partial charge in [0, 0.05) is 16.1 Å². The van der Waals surface area contributed by atoms with Crippen molar-refractivity contribution in [3.63, 3.8) is 0 Å². The Morgan fingerprint density at radius 3 is 2.64 bits per heavy atom. The van der Waals surface area contributed by atoms with Crippen LogP contribution in [0.15, 0.2) is 24.3 Å². The zero-order valence-corrected chi connectivity index (χ0v) is 10.5. The molecule has 0 saturated carbocycles. The predicted molar refractivity (Wildman–Crippen MR) is 67.5 cm³/mol. The highest BCUT2D eigenvalue weighted by Crippen LogP contribution is 2.31. The summed E-state index contributed by atoms with van der Waals surface area (Å²) in [6.45, 7) is 0. The lowest BCUT2D eigenvalue weighted by molar-refractivity contribution is 0.466. The molecule has 0 spiro atoms. The van der Waals surface area contributed by atoms with Crippen LogP contribution in [-0.4, -0.2) is 10.4 Å². The van der Waals surface area contributed by atoms with Crippen molar-refractivity contribution in [1.82, 2.24) is 0 Å². The molecule has 0 amide bonds. The van der Waals surface area contributed by atoms with Crippen molar-refractivity contribution in [3.8, 4) is 5.75 Å². The first-order valence-corrected chi connectivity index (χ1v) is 6.41. The van der Waals surface area contributed by atoms with E-state index in [0.29, 0.717) is 5.75 Å². The molecule has 3 heteroatoms. The molecule has 1 rings (SSSR count). The summed E-state index contributed by atoms with van der Waals surface area (Å²) < 4.78 is 0. The van der Waals surface area contributed by atoms with E-state index in [4.69, 9.17) is 0 Å². The fourth-order valence-electron chi connectivity index (χ4n) is 1.36. The molecule has 0 aliphatic carbocycles. The number of phenolic OH excluding ortho intramolecular Hbond substituents is 1. The van der Waals surface area contributed by atoms with E-state index in [-0.39, 0.29) is 5.25 Å². The van der Waals surface area contributed by atoms with Crippen LogP contribution in [0, 0.1) is 0 Å². The monoisotopic (exact) mass is 274 g/mol. The second-order valence-corrected chi connectivity index (χ2v) is 4.68. The van der Waals surface area contributed by atoms with Crippen molar-refractivity contribution in [2.24, 2.45) is 0 Å². The highest BCUT2D eigenvalue weighted by atomic mass is 79.9. The van der Waals surface area contributed by atoms with Crippen LogP contribution in [0.5, 0.6) is 5.75 Å². The molecule has 14 heavy (non-hydrogen) atoms. The Balaban J connectivity index is 2.51. The summed E-state index contributed by atoms with van der Waals surface area (Å²) >= 11 is 7.88. The predicted octanol–water partition coefficient (Wildman–Crippen LogP) is 3.93. The number of alkyl halides is 1. The van der Waals surface area contributed by atoms with Gasteiger partial charge < -0.3 is 5.11 Å². The van der Waals surface area contributed by atoms with Crippen molar-refractivity contribution in [2.45, 2.75) is 24.5 Å². The molecule has 0 radical (unpaired) electrons. The van der Waals surface area contributed by atoms with Crippen LogP contribution in [-0.2, 0) is 0 Å². The molecule has 78 valence electrons. The van der Waals surface area contributed by atoms with Gasteiger partial charge in [-0.2, -0.15) is 12.6 Å². The van der Waals surface area contributed by atoms with Gasteiger partial charge in [-0.25, -0.2) is 0 Å². The standard InChI is InChI=1S/C11H15BrOS/c12-8-4-3-7-11(14)9-5-1-2-6-10(9)13/h1-2,5-6,11,13-14H,3-4,7-8H2. The number of halogens is 1. The lowest BCUT2D eigenvalue weighted by atomic mass is 10.1. The third-order valence-electron chi connectivity index (χ3n) is 2.16. The summed E-state index contributed by atoms with van der Waals surface area (Å²) in [7, 11) is 0. The van der Waals surface area contributed by atoms with Gasteiger partial charge in [-0.1, -0.05) is 40.5 Å². The van der Waals surface area contributed by atoms with Gasteiger partial charge in [0.25, 0.3) is 0 Å². The summed E-state index contributed by atoms with van der Waals surface area (Å²) in [6, 6.07) is 7.41. The molecule has 0 saturated heterocycles. The summed E-state index contributed by atoms with van der Waals surface area (Å²) in [6.07, 6.45) is 3.30. The smallest absolute Gasteiger partial charge is 0.119 e. The van der Waals surface area contributed by atoms with Gasteiger partial charge >= 0.3 is 0 Å². The molecular weight excluding hydrogens is 260 g/mol. The van der Waals surface area contributed by atoms with Crippen LogP contribution in [0.3, 0.4) is 0 Å². The van der Waals surface area contributed by atoms with E-state index in [9.17, 15) is 5.11 Å². The van der Waals surface area contributed by atoms with Crippen LogP contribution in [0.25, 0.3) is 0 Å². The normalized spacial score (nSPS) is 12.7. The zero-order valence-electron chi connectivity index (χ0n) is 7.99. The van der Waals surface area contributed by atoms with Crippen LogP contribution < -0.4 is 0 Å². The minimum absolute atomic E-state index is 0.148. The number of hydrogen-bond donors (Lipinski definition) is 2. The SMILES string of the molecule is Oc1ccccc1C(S)CCCCBr. The first-order chi connectivity index (χ1) is 6.75. The van der Waals surface area contributed by atoms with Gasteiger partial charge in [0.15, 0.2) is 0 Å². The maximum atomic E-state index is 9.58. The van der Waals surface area contributed by atoms with Gasteiger partial charge in [0.05, 0.1) is 0 Å². The average Bonchev–Trinajstić information content (AvgIpc) is 2.18. The van der Waals surface area contributed by atoms with Crippen molar-refractivity contribution >= 4 is 28.6 Å². The molecule has 0 fully saturated rings. The van der Waals surface area contributed by atoms with Crippen LogP contribution in [0.1, 0.15) is 30.1 Å². The molecular formula is C11H15BrOS. The maximum Gasteiger partial charge on any atom is 0.119 e. The number of rotatable bonds is 5. The molecule has 1 aromatic rings. The van der Waals surface area contributed by atoms with E-state index in [0.717, 1.165) is 30.2 Å². The molecule has 1 nitrogen and oxygen atoms in total. The van der Waals surface area contributed by atoms with Crippen molar-refractivity contribution in [2.75, 3.05) is 5.33 Å². The van der Waals surface area contributed by atoms with Crippen molar-refractivity contribution < 1.29 is 5.11 Å². The molecule has 1 N–H and O–H groups in total. The summed E-state index contributed by atoms with van der Waals surface area (Å²) in [4.78, 5) is 0. The third-order valence-corrected chi connectivity index (χ3v) is 3.25. The van der Waals surface area contributed by atoms with Crippen LogP contribution in [0.2, 0.25) is 0 Å². The Morgan fingerprint density at radius 2 is 2.00 bits per heavy atom. The molecule has 1 atom stereocenters. The molecule has 0 aliphatic heterocycles. The minimum Gasteiger partial charge on any atom is -0.508 e. The van der Waals surface area contributed by atoms with E-state index >= 15 is 0 Å². The van der Waals surface area contributed by atoms with Gasteiger partial charge in [0.2, 0.25) is 0 Å². The summed E-state index contributed by atoms with van der Waals surface area (Å²) in [5, 5.41) is 10.8. The van der Waals surface area contributed by atoms with E-state index in [1.807, 2.05) is 18.2 Å². The molecule has 0 bridgehead atoms. The zero-order chi connectivity index (χ0) is 10.4. The molecule has 0 aromatic heterocycles. The van der Waals surface area contributed by atoms with Gasteiger partial charge in [0.1, 0.15) is 5.75 Å². The first kappa shape index (κ1) is 11.9. The Labute approximate surface area is 99.1 Å². The second-order valence-electron chi connectivity index (χ2n) is 3.26. The largest absolute Gasteiger partial charge is 0.508 e. The number of unbranched alkanes of at least 4 members (excludes halogenated alkanes) is 1. The Morgan fingerprint density at radius 1 is 1.29 bits per heavy atom. The van der Waals surface area contributed by atoms with Crippen molar-refractivity contribution in [3.05, 3.63) is 29.8 Å². The number of para-hydroxylation sites is 1. The Kier molecular flexibility index (Phi) is 5.41. The Hall–Kier alpha value is -0.150. The minimum atomic E-state index is 0.148. The van der Waals surface area contributed by atoms with E-state index in [2.05, 4.69) is 28.6 Å². The maximum absolute atomic E-state index is 9.58. The van der Waals surface area contributed by atoms with Gasteiger partial charge in [-0.15, -0.1) is 0 Å². The van der Waals surface area contributed by atoms with Gasteiger partial charge in [-0.3, -0.25) is 0 Å². The van der Waals surface area contributed by atoms with E-state index in [1.165, 1.54) is 0 Å². The van der Waals surface area contributed by atoms with E-state index in [1.54, 1.807) is 6.07 Å². The number of benzene rings is 1. The quantitative estimate of drug-likeness (QED) is 0.474. The fraction of sp³-hybridized carbons (Fsp3) is 0.455. The molecule has 1 unspecified atom stereocenters. The second kappa shape index (κ2) is 6.36. The average molecular weight is 275 g/mol. The number of aromatic hydroxyl groups is 1. The van der Waals surface area contributed by atoms with Crippen LogP contribution >= 0.6 is 28.6 Å². The highest BCUT2D eigenvalue weighted by Gasteiger charge is 2.09.